The van der Waals surface area contributed by atoms with Crippen molar-refractivity contribution < 1.29 is 9.53 Å². The molecule has 3 rings (SSSR count). The van der Waals surface area contributed by atoms with Crippen LogP contribution in [0.5, 0.6) is 5.75 Å². The third-order valence-corrected chi connectivity index (χ3v) is 5.15. The van der Waals surface area contributed by atoms with Crippen LogP contribution in [0.1, 0.15) is 47.7 Å². The van der Waals surface area contributed by atoms with Crippen molar-refractivity contribution in [1.29, 1.82) is 0 Å². The molecule has 0 saturated heterocycles. The molecule has 5 heteroatoms. The largest absolute Gasteiger partial charge is 0.489 e. The number of ether oxygens (including phenoxy) is 1. The van der Waals surface area contributed by atoms with Gasteiger partial charge >= 0.3 is 0 Å². The molecule has 0 fully saturated rings. The molecule has 0 aliphatic heterocycles. The molecule has 0 spiro atoms. The Morgan fingerprint density at radius 1 is 0.967 bits per heavy atom. The molecular weight excluding hydrogens is 392 g/mol. The Bertz CT molecular complexity index is 988. The summed E-state index contributed by atoms with van der Waals surface area (Å²) in [6.45, 7) is 4.80. The van der Waals surface area contributed by atoms with Crippen LogP contribution in [-0.4, -0.2) is 11.0 Å². The summed E-state index contributed by atoms with van der Waals surface area (Å²) in [5, 5.41) is 6.18. The summed E-state index contributed by atoms with van der Waals surface area (Å²) in [4.78, 5) is 12.5. The van der Waals surface area contributed by atoms with E-state index in [0.717, 1.165) is 17.7 Å². The van der Waals surface area contributed by atoms with Crippen molar-refractivity contribution in [3.8, 4) is 5.75 Å². The van der Waals surface area contributed by atoms with Crippen molar-refractivity contribution >= 4 is 28.9 Å². The molecule has 3 aromatic carbocycles. The second-order valence-electron chi connectivity index (χ2n) is 7.10. The molecule has 4 nitrogen and oxygen atoms in total. The van der Waals surface area contributed by atoms with E-state index in [2.05, 4.69) is 30.5 Å². The molecular formula is C25H26N2O2S. The quantitative estimate of drug-likeness (QED) is 0.469. The number of benzene rings is 3. The summed E-state index contributed by atoms with van der Waals surface area (Å²) >= 11 is 5.35. The smallest absolute Gasteiger partial charge is 0.257 e. The Hall–Kier alpha value is -3.18. The third-order valence-electron chi connectivity index (χ3n) is 4.94. The van der Waals surface area contributed by atoms with Gasteiger partial charge in [-0.25, -0.2) is 0 Å². The van der Waals surface area contributed by atoms with Gasteiger partial charge in [-0.2, -0.15) is 0 Å². The van der Waals surface area contributed by atoms with Crippen LogP contribution < -0.4 is 15.4 Å². The fourth-order valence-corrected chi connectivity index (χ4v) is 3.24. The molecule has 0 aliphatic rings. The van der Waals surface area contributed by atoms with E-state index < -0.39 is 0 Å². The van der Waals surface area contributed by atoms with Gasteiger partial charge in [-0.1, -0.05) is 62.4 Å². The maximum absolute atomic E-state index is 12.5. The molecule has 0 bridgehead atoms. The minimum atomic E-state index is -0.261. The molecule has 0 aromatic heterocycles. The zero-order valence-electron chi connectivity index (χ0n) is 17.2. The predicted octanol–water partition coefficient (Wildman–Crippen LogP) is 5.91. The van der Waals surface area contributed by atoms with E-state index in [-0.39, 0.29) is 11.0 Å². The van der Waals surface area contributed by atoms with Gasteiger partial charge in [0, 0.05) is 11.3 Å². The maximum Gasteiger partial charge on any atom is 0.257 e. The molecule has 30 heavy (non-hydrogen) atoms. The Balaban J connectivity index is 1.56. The molecule has 3 aromatic rings. The van der Waals surface area contributed by atoms with E-state index in [1.54, 1.807) is 24.3 Å². The minimum Gasteiger partial charge on any atom is -0.489 e. The standard InChI is InChI=1S/C25H26N2O2S/c1-3-18(2)22-11-7-8-12-23(22)26-25(30)27-24(28)20-13-15-21(16-14-20)29-17-19-9-5-4-6-10-19/h4-16,18H,3,17H2,1-2H3,(H2,26,27,28,30)/t18-/m0/s1. The number of nitrogens with one attached hydrogen (secondary N) is 2. The van der Waals surface area contributed by atoms with Crippen LogP contribution in [0.3, 0.4) is 0 Å². The molecule has 0 radical (unpaired) electrons. The van der Waals surface area contributed by atoms with Crippen LogP contribution in [0.25, 0.3) is 0 Å². The minimum absolute atomic E-state index is 0.261. The van der Waals surface area contributed by atoms with E-state index in [9.17, 15) is 4.79 Å². The lowest BCUT2D eigenvalue weighted by molar-refractivity contribution is 0.0977. The Morgan fingerprint density at radius 2 is 1.63 bits per heavy atom. The molecule has 154 valence electrons. The van der Waals surface area contributed by atoms with Crippen molar-refractivity contribution in [2.75, 3.05) is 5.32 Å². The lowest BCUT2D eigenvalue weighted by Gasteiger charge is -2.17. The molecule has 0 aliphatic carbocycles. The Kier molecular flexibility index (Phi) is 7.57. The number of carbonyl (C=O) groups excluding carboxylic acids is 1. The number of para-hydroxylation sites is 1. The van der Waals surface area contributed by atoms with Gasteiger partial charge < -0.3 is 10.1 Å². The van der Waals surface area contributed by atoms with Crippen molar-refractivity contribution in [2.45, 2.75) is 32.8 Å². The first-order chi connectivity index (χ1) is 14.6. The van der Waals surface area contributed by atoms with Crippen molar-refractivity contribution in [3.05, 3.63) is 95.6 Å². The van der Waals surface area contributed by atoms with E-state index in [1.807, 2.05) is 48.5 Å². The number of hydrogen-bond donors (Lipinski definition) is 2. The van der Waals surface area contributed by atoms with E-state index in [4.69, 9.17) is 17.0 Å². The summed E-state index contributed by atoms with van der Waals surface area (Å²) in [5.41, 5.74) is 3.70. The zero-order valence-corrected chi connectivity index (χ0v) is 18.0. The fourth-order valence-electron chi connectivity index (χ4n) is 3.03. The van der Waals surface area contributed by atoms with Gasteiger partial charge in [0.1, 0.15) is 12.4 Å². The SMILES string of the molecule is CC[C@H](C)c1ccccc1NC(=S)NC(=O)c1ccc(OCc2ccccc2)cc1. The van der Waals surface area contributed by atoms with Crippen LogP contribution in [-0.2, 0) is 6.61 Å². The molecule has 0 unspecified atom stereocenters. The second-order valence-corrected chi connectivity index (χ2v) is 7.51. The number of carbonyl (C=O) groups is 1. The van der Waals surface area contributed by atoms with Crippen molar-refractivity contribution in [1.82, 2.24) is 5.32 Å². The van der Waals surface area contributed by atoms with Crippen LogP contribution in [0.15, 0.2) is 78.9 Å². The van der Waals surface area contributed by atoms with Gasteiger partial charge in [-0.15, -0.1) is 0 Å². The van der Waals surface area contributed by atoms with Gasteiger partial charge in [0.2, 0.25) is 0 Å². The first-order valence-electron chi connectivity index (χ1n) is 10.0. The van der Waals surface area contributed by atoms with Gasteiger partial charge in [0.25, 0.3) is 5.91 Å². The predicted molar refractivity (Wildman–Crippen MR) is 126 cm³/mol. The van der Waals surface area contributed by atoms with Gasteiger partial charge in [-0.3, -0.25) is 10.1 Å². The van der Waals surface area contributed by atoms with Gasteiger partial charge in [-0.05, 0) is 66.0 Å². The summed E-state index contributed by atoms with van der Waals surface area (Å²) in [5.74, 6) is 0.845. The molecule has 2 N–H and O–H groups in total. The van der Waals surface area contributed by atoms with Crippen LogP contribution in [0, 0.1) is 0 Å². The van der Waals surface area contributed by atoms with Gasteiger partial charge in [0.05, 0.1) is 0 Å². The lowest BCUT2D eigenvalue weighted by atomic mass is 9.97. The molecule has 0 heterocycles. The first kappa shape index (κ1) is 21.5. The fraction of sp³-hybridized carbons (Fsp3) is 0.200. The van der Waals surface area contributed by atoms with Crippen molar-refractivity contribution in [3.63, 3.8) is 0 Å². The highest BCUT2D eigenvalue weighted by Crippen LogP contribution is 2.26. The van der Waals surface area contributed by atoms with Crippen LogP contribution >= 0.6 is 12.2 Å². The third kappa shape index (κ3) is 5.91. The van der Waals surface area contributed by atoms with Crippen LogP contribution in [0.4, 0.5) is 5.69 Å². The Morgan fingerprint density at radius 3 is 2.33 bits per heavy atom. The van der Waals surface area contributed by atoms with E-state index in [0.29, 0.717) is 23.8 Å². The highest BCUT2D eigenvalue weighted by atomic mass is 32.1. The number of anilines is 1. The Labute approximate surface area is 183 Å². The van der Waals surface area contributed by atoms with Gasteiger partial charge in [0.15, 0.2) is 5.11 Å². The summed E-state index contributed by atoms with van der Waals surface area (Å²) in [6.07, 6.45) is 1.02. The topological polar surface area (TPSA) is 50.4 Å². The molecule has 1 atom stereocenters. The number of rotatable bonds is 7. The second kappa shape index (κ2) is 10.6. The molecule has 1 amide bonds. The number of amides is 1. The number of hydrogen-bond acceptors (Lipinski definition) is 3. The molecule has 0 saturated carbocycles. The van der Waals surface area contributed by atoms with E-state index >= 15 is 0 Å². The zero-order chi connectivity index (χ0) is 21.3. The summed E-state index contributed by atoms with van der Waals surface area (Å²) in [7, 11) is 0. The highest BCUT2D eigenvalue weighted by molar-refractivity contribution is 7.80. The maximum atomic E-state index is 12.5. The van der Waals surface area contributed by atoms with Crippen molar-refractivity contribution in [2.24, 2.45) is 0 Å². The monoisotopic (exact) mass is 418 g/mol. The number of thiocarbonyl (C=S) groups is 1. The average molecular weight is 419 g/mol. The summed E-state index contributed by atoms with van der Waals surface area (Å²) < 4.78 is 5.76. The van der Waals surface area contributed by atoms with E-state index in [1.165, 1.54) is 5.56 Å². The lowest BCUT2D eigenvalue weighted by Crippen LogP contribution is -2.34. The van der Waals surface area contributed by atoms with Crippen LogP contribution in [0.2, 0.25) is 0 Å². The summed E-state index contributed by atoms with van der Waals surface area (Å²) in [6, 6.07) is 25.0. The highest BCUT2D eigenvalue weighted by Gasteiger charge is 2.12. The first-order valence-corrected chi connectivity index (χ1v) is 10.5. The normalized spacial score (nSPS) is 11.4. The average Bonchev–Trinajstić information content (AvgIpc) is 2.78.